The Morgan fingerprint density at radius 2 is 1.73 bits per heavy atom. The van der Waals surface area contributed by atoms with Gasteiger partial charge in [0.05, 0.1) is 11.6 Å². The van der Waals surface area contributed by atoms with Crippen LogP contribution in [0, 0.1) is 6.92 Å². The molecule has 0 aromatic heterocycles. The minimum Gasteiger partial charge on any atom is -0.478 e. The van der Waals surface area contributed by atoms with Gasteiger partial charge in [-0.25, -0.2) is 4.79 Å². The fourth-order valence-corrected chi connectivity index (χ4v) is 4.13. The van der Waals surface area contributed by atoms with Crippen LogP contribution in [0.1, 0.15) is 77.2 Å². The summed E-state index contributed by atoms with van der Waals surface area (Å²) in [5.41, 5.74) is 3.04. The van der Waals surface area contributed by atoms with E-state index in [2.05, 4.69) is 49.9 Å². The third kappa shape index (κ3) is 5.12. The Bertz CT molecular complexity index is 608. The molecule has 0 saturated carbocycles. The van der Waals surface area contributed by atoms with Crippen molar-refractivity contribution in [3.63, 3.8) is 0 Å². The molecule has 0 bridgehead atoms. The summed E-state index contributed by atoms with van der Waals surface area (Å²) in [5, 5.41) is 9.80. The number of para-hydroxylation sites is 1. The zero-order valence-corrected chi connectivity index (χ0v) is 16.7. The number of unbranched alkanes of at least 4 members (excludes halogenated alkanes) is 4. The number of carboxylic acid groups (broad SMARTS) is 1. The molecule has 3 nitrogen and oxygen atoms in total. The molecule has 2 atom stereocenters. The van der Waals surface area contributed by atoms with E-state index in [1.807, 2.05) is 6.08 Å². The Morgan fingerprint density at radius 1 is 1.08 bits per heavy atom. The van der Waals surface area contributed by atoms with Gasteiger partial charge in [-0.1, -0.05) is 76.6 Å². The largest absolute Gasteiger partial charge is 0.478 e. The summed E-state index contributed by atoms with van der Waals surface area (Å²) in [6.07, 6.45) is 12.0. The highest BCUT2D eigenvalue weighted by atomic mass is 16.4. The van der Waals surface area contributed by atoms with Crippen molar-refractivity contribution in [1.29, 1.82) is 0 Å². The number of anilines is 1. The molecule has 1 aromatic rings. The maximum absolute atomic E-state index is 11.9. The minimum atomic E-state index is -0.753. The van der Waals surface area contributed by atoms with Gasteiger partial charge in [-0.05, 0) is 37.8 Å². The number of nitrogens with zero attached hydrogens (tertiary/aromatic N) is 1. The van der Waals surface area contributed by atoms with Gasteiger partial charge < -0.3 is 10.0 Å². The Kier molecular flexibility index (Phi) is 8.21. The van der Waals surface area contributed by atoms with Gasteiger partial charge in [-0.15, -0.1) is 0 Å². The van der Waals surface area contributed by atoms with Crippen LogP contribution in [0.25, 0.3) is 0 Å². The van der Waals surface area contributed by atoms with Crippen molar-refractivity contribution >= 4 is 11.7 Å². The number of aliphatic carboxylic acids is 1. The third-order valence-electron chi connectivity index (χ3n) is 5.56. The van der Waals surface area contributed by atoms with Crippen molar-refractivity contribution in [2.75, 3.05) is 4.90 Å². The molecular formula is C23H35NO2. The van der Waals surface area contributed by atoms with Gasteiger partial charge in [0.25, 0.3) is 0 Å². The van der Waals surface area contributed by atoms with Gasteiger partial charge in [-0.2, -0.15) is 0 Å². The number of aryl methyl sites for hydroxylation is 1. The number of hydrogen-bond donors (Lipinski definition) is 1. The summed E-state index contributed by atoms with van der Waals surface area (Å²) < 4.78 is 0. The summed E-state index contributed by atoms with van der Waals surface area (Å²) in [7, 11) is 0. The monoisotopic (exact) mass is 357 g/mol. The molecule has 1 aromatic carbocycles. The molecule has 1 aliphatic rings. The Balaban J connectivity index is 2.36. The lowest BCUT2D eigenvalue weighted by atomic mass is 9.87. The van der Waals surface area contributed by atoms with Crippen LogP contribution in [0.3, 0.4) is 0 Å². The fraction of sp³-hybridized carbons (Fsp3) is 0.609. The minimum absolute atomic E-state index is 0.0134. The number of benzene rings is 1. The van der Waals surface area contributed by atoms with Crippen molar-refractivity contribution in [1.82, 2.24) is 0 Å². The van der Waals surface area contributed by atoms with Crippen LogP contribution in [0.15, 0.2) is 35.9 Å². The standard InChI is InChI=1S/C23H35NO2/c1-4-6-8-13-19-16-17-20(23(25)26)22(15-9-7-5-2)24(19)21-14-11-10-12-18(21)3/h10-12,14,17,19,22H,4-9,13,15-16H2,1-3H3,(H,25,26). The molecule has 2 unspecified atom stereocenters. The van der Waals surface area contributed by atoms with E-state index in [4.69, 9.17) is 0 Å². The first-order valence-corrected chi connectivity index (χ1v) is 10.4. The molecule has 0 aliphatic carbocycles. The SMILES string of the molecule is CCCCCC1CC=C(C(=O)O)C(CCCCC)N1c1ccccc1C. The summed E-state index contributed by atoms with van der Waals surface area (Å²) in [4.78, 5) is 14.4. The molecule has 2 rings (SSSR count). The fourth-order valence-electron chi connectivity index (χ4n) is 4.13. The van der Waals surface area contributed by atoms with Crippen molar-refractivity contribution < 1.29 is 9.90 Å². The van der Waals surface area contributed by atoms with Gasteiger partial charge in [0.2, 0.25) is 0 Å². The van der Waals surface area contributed by atoms with E-state index >= 15 is 0 Å². The molecule has 0 fully saturated rings. The van der Waals surface area contributed by atoms with E-state index in [0.717, 1.165) is 38.5 Å². The molecule has 0 spiro atoms. The predicted molar refractivity (Wildman–Crippen MR) is 110 cm³/mol. The van der Waals surface area contributed by atoms with E-state index in [1.165, 1.54) is 30.5 Å². The molecule has 0 saturated heterocycles. The molecule has 3 heteroatoms. The lowest BCUT2D eigenvalue weighted by Crippen LogP contribution is -2.49. The number of hydrogen-bond acceptors (Lipinski definition) is 2. The lowest BCUT2D eigenvalue weighted by molar-refractivity contribution is -0.133. The molecule has 26 heavy (non-hydrogen) atoms. The highest BCUT2D eigenvalue weighted by Gasteiger charge is 2.35. The second-order valence-electron chi connectivity index (χ2n) is 7.56. The summed E-state index contributed by atoms with van der Waals surface area (Å²) >= 11 is 0. The second kappa shape index (κ2) is 10.4. The van der Waals surface area contributed by atoms with E-state index in [0.29, 0.717) is 11.6 Å². The van der Waals surface area contributed by atoms with Gasteiger partial charge in [0, 0.05) is 11.7 Å². The average Bonchev–Trinajstić information content (AvgIpc) is 2.63. The maximum atomic E-state index is 11.9. The van der Waals surface area contributed by atoms with Crippen molar-refractivity contribution in [2.24, 2.45) is 0 Å². The quantitative estimate of drug-likeness (QED) is 0.513. The zero-order chi connectivity index (χ0) is 18.9. The highest BCUT2D eigenvalue weighted by molar-refractivity contribution is 5.89. The number of carboxylic acids is 1. The van der Waals surface area contributed by atoms with Crippen LogP contribution < -0.4 is 4.90 Å². The van der Waals surface area contributed by atoms with Crippen molar-refractivity contribution in [3.05, 3.63) is 41.5 Å². The predicted octanol–water partition coefficient (Wildman–Crippen LogP) is 6.11. The first-order chi connectivity index (χ1) is 12.6. The smallest absolute Gasteiger partial charge is 0.333 e. The van der Waals surface area contributed by atoms with E-state index in [1.54, 1.807) is 0 Å². The van der Waals surface area contributed by atoms with Gasteiger partial charge >= 0.3 is 5.97 Å². The lowest BCUT2D eigenvalue weighted by Gasteiger charge is -2.44. The van der Waals surface area contributed by atoms with Crippen molar-refractivity contribution in [2.45, 2.75) is 90.6 Å². The van der Waals surface area contributed by atoms with Crippen LogP contribution in [-0.2, 0) is 4.79 Å². The Labute approximate surface area is 159 Å². The molecular weight excluding hydrogens is 322 g/mol. The van der Waals surface area contributed by atoms with E-state index < -0.39 is 5.97 Å². The normalized spacial score (nSPS) is 20.1. The van der Waals surface area contributed by atoms with Crippen LogP contribution in [0.2, 0.25) is 0 Å². The number of rotatable bonds is 10. The summed E-state index contributed by atoms with van der Waals surface area (Å²) in [6.45, 7) is 6.57. The number of carbonyl (C=O) groups is 1. The average molecular weight is 358 g/mol. The van der Waals surface area contributed by atoms with Gasteiger partial charge in [0.15, 0.2) is 0 Å². The first kappa shape index (κ1) is 20.5. The topological polar surface area (TPSA) is 40.5 Å². The maximum Gasteiger partial charge on any atom is 0.333 e. The molecule has 144 valence electrons. The molecule has 1 heterocycles. The molecule has 1 aliphatic heterocycles. The van der Waals surface area contributed by atoms with Crippen LogP contribution in [0.4, 0.5) is 5.69 Å². The Hall–Kier alpha value is -1.77. The third-order valence-corrected chi connectivity index (χ3v) is 5.56. The summed E-state index contributed by atoms with van der Waals surface area (Å²) in [5.74, 6) is -0.753. The van der Waals surface area contributed by atoms with Gasteiger partial charge in [0.1, 0.15) is 0 Å². The van der Waals surface area contributed by atoms with Crippen LogP contribution in [-0.4, -0.2) is 23.2 Å². The molecule has 1 N–H and O–H groups in total. The van der Waals surface area contributed by atoms with Crippen molar-refractivity contribution in [3.8, 4) is 0 Å². The van der Waals surface area contributed by atoms with E-state index in [9.17, 15) is 9.90 Å². The Morgan fingerprint density at radius 3 is 2.35 bits per heavy atom. The van der Waals surface area contributed by atoms with Crippen LogP contribution in [0.5, 0.6) is 0 Å². The first-order valence-electron chi connectivity index (χ1n) is 10.4. The second-order valence-corrected chi connectivity index (χ2v) is 7.56. The molecule has 0 radical (unpaired) electrons. The molecule has 0 amide bonds. The zero-order valence-electron chi connectivity index (χ0n) is 16.7. The van der Waals surface area contributed by atoms with E-state index in [-0.39, 0.29) is 6.04 Å². The highest BCUT2D eigenvalue weighted by Crippen LogP contribution is 2.36. The van der Waals surface area contributed by atoms with Crippen LogP contribution >= 0.6 is 0 Å². The van der Waals surface area contributed by atoms with Gasteiger partial charge in [-0.3, -0.25) is 0 Å². The summed E-state index contributed by atoms with van der Waals surface area (Å²) in [6, 6.07) is 8.83.